The van der Waals surface area contributed by atoms with Crippen LogP contribution in [0.4, 0.5) is 5.69 Å². The summed E-state index contributed by atoms with van der Waals surface area (Å²) >= 11 is 0. The fourth-order valence-corrected chi connectivity index (χ4v) is 6.07. The second kappa shape index (κ2) is 8.08. The van der Waals surface area contributed by atoms with Crippen molar-refractivity contribution in [2.24, 2.45) is 22.3 Å². The predicted octanol–water partition coefficient (Wildman–Crippen LogP) is 3.05. The number of methoxy groups -OCH3 is 2. The molecule has 4 aliphatic rings. The molecule has 10 heteroatoms. The van der Waals surface area contributed by atoms with E-state index in [4.69, 9.17) is 25.7 Å². The Bertz CT molecular complexity index is 1480. The van der Waals surface area contributed by atoms with Crippen molar-refractivity contribution >= 4 is 34.3 Å². The Morgan fingerprint density at radius 2 is 1.50 bits per heavy atom. The Labute approximate surface area is 218 Å². The van der Waals surface area contributed by atoms with Gasteiger partial charge in [-0.15, -0.1) is 0 Å². The van der Waals surface area contributed by atoms with E-state index in [-0.39, 0.29) is 11.8 Å². The van der Waals surface area contributed by atoms with Crippen LogP contribution < -0.4 is 30.6 Å². The van der Waals surface area contributed by atoms with Gasteiger partial charge in [0.1, 0.15) is 16.9 Å². The highest BCUT2D eigenvalue weighted by Crippen LogP contribution is 2.71. The molecule has 2 bridgehead atoms. The molecule has 1 aromatic heterocycles. The van der Waals surface area contributed by atoms with Crippen molar-refractivity contribution in [3.8, 4) is 23.0 Å². The van der Waals surface area contributed by atoms with Gasteiger partial charge in [0.2, 0.25) is 17.7 Å². The van der Waals surface area contributed by atoms with Crippen LogP contribution in [0.2, 0.25) is 0 Å². The number of rotatable bonds is 9. The van der Waals surface area contributed by atoms with E-state index in [1.54, 1.807) is 61.7 Å². The van der Waals surface area contributed by atoms with Crippen LogP contribution >= 0.6 is 0 Å². The summed E-state index contributed by atoms with van der Waals surface area (Å²) in [6.45, 7) is 0. The Hall–Kier alpha value is -4.34. The second-order valence-corrected chi connectivity index (χ2v) is 10.6. The molecular weight excluding hydrogens is 488 g/mol. The van der Waals surface area contributed by atoms with Gasteiger partial charge < -0.3 is 30.6 Å². The first kappa shape index (κ1) is 24.0. The van der Waals surface area contributed by atoms with Crippen LogP contribution in [-0.4, -0.2) is 42.5 Å². The molecule has 0 saturated heterocycles. The molecule has 196 valence electrons. The number of carbonyl (C=O) groups excluding carboxylic acids is 3. The molecule has 38 heavy (non-hydrogen) atoms. The minimum absolute atomic E-state index is 0.308. The molecule has 0 aliphatic heterocycles. The fraction of sp³-hybridized carbons (Fsp3) is 0.357. The Morgan fingerprint density at radius 3 is 2.05 bits per heavy atom. The van der Waals surface area contributed by atoms with Crippen LogP contribution in [0.25, 0.3) is 10.9 Å². The molecule has 0 spiro atoms. The highest BCUT2D eigenvalue weighted by Gasteiger charge is 2.75. The first-order valence-corrected chi connectivity index (χ1v) is 12.4. The first-order valence-electron chi connectivity index (χ1n) is 12.4. The molecule has 0 radical (unpaired) electrons. The lowest BCUT2D eigenvalue weighted by atomic mass is 9.38. The minimum atomic E-state index is -1.18. The third-order valence-corrected chi connectivity index (χ3v) is 8.36. The second-order valence-electron chi connectivity index (χ2n) is 10.6. The molecule has 3 aromatic rings. The van der Waals surface area contributed by atoms with Gasteiger partial charge in [0.05, 0.1) is 30.7 Å². The number of carbonyl (C=O) groups is 3. The maximum absolute atomic E-state index is 13.7. The largest absolute Gasteiger partial charge is 0.493 e. The molecule has 2 aromatic carbocycles. The third kappa shape index (κ3) is 3.32. The zero-order valence-electron chi connectivity index (χ0n) is 21.2. The fourth-order valence-electron chi connectivity index (χ4n) is 6.07. The number of benzene rings is 2. The number of hydrogen-bond donors (Lipinski definition) is 2. The first-order chi connectivity index (χ1) is 18.2. The SMILES string of the molecule is COc1cc2nccc(Oc3ccc(N(C(=O)C4(C(N)=O)CC4)C45CC(C(N)=O)(C4)C5)cc3)c2cc1OC. The highest BCUT2D eigenvalue weighted by molar-refractivity contribution is 6.15. The van der Waals surface area contributed by atoms with Gasteiger partial charge in [-0.2, -0.15) is 0 Å². The lowest BCUT2D eigenvalue weighted by molar-refractivity contribution is -0.173. The lowest BCUT2D eigenvalue weighted by Gasteiger charge is -2.72. The van der Waals surface area contributed by atoms with E-state index < -0.39 is 22.3 Å². The van der Waals surface area contributed by atoms with E-state index in [1.807, 2.05) is 6.07 Å². The standard InChI is InChI=1S/C28H28N4O6/c1-36-21-11-18-19(12-22(21)37-2)31-10-7-20(18)38-17-5-3-16(4-6-17)32(25(35)28(8-9-28)24(30)34)27-13-26(14-27,15-27)23(29)33/h3-7,10-12H,8-9,13-15H2,1-2H3,(H2,29,33)(H2,30,34). The topological polar surface area (TPSA) is 147 Å². The van der Waals surface area contributed by atoms with Gasteiger partial charge in [0.25, 0.3) is 0 Å². The Balaban J connectivity index is 1.30. The molecule has 3 amide bonds. The summed E-state index contributed by atoms with van der Waals surface area (Å²) in [7, 11) is 3.13. The number of anilines is 1. The number of amides is 3. The van der Waals surface area contributed by atoms with Crippen LogP contribution in [-0.2, 0) is 14.4 Å². The molecule has 4 aliphatic carbocycles. The summed E-state index contributed by atoms with van der Waals surface area (Å²) in [5.41, 5.74) is 10.3. The van der Waals surface area contributed by atoms with E-state index in [0.29, 0.717) is 66.3 Å². The van der Waals surface area contributed by atoms with Crippen molar-refractivity contribution in [2.45, 2.75) is 37.6 Å². The third-order valence-electron chi connectivity index (χ3n) is 8.36. The molecular formula is C28H28N4O6. The van der Waals surface area contributed by atoms with Crippen molar-refractivity contribution in [1.29, 1.82) is 0 Å². The lowest BCUT2D eigenvalue weighted by Crippen LogP contribution is -2.79. The molecule has 1 heterocycles. The number of nitrogens with zero attached hydrogens (tertiary/aromatic N) is 2. The van der Waals surface area contributed by atoms with Gasteiger partial charge in [0, 0.05) is 23.3 Å². The van der Waals surface area contributed by atoms with Crippen LogP contribution in [0, 0.1) is 10.8 Å². The van der Waals surface area contributed by atoms with E-state index >= 15 is 0 Å². The number of aromatic nitrogens is 1. The quantitative estimate of drug-likeness (QED) is 0.416. The number of hydrogen-bond acceptors (Lipinski definition) is 7. The van der Waals surface area contributed by atoms with E-state index in [9.17, 15) is 14.4 Å². The summed E-state index contributed by atoms with van der Waals surface area (Å²) in [6, 6.07) is 12.4. The van der Waals surface area contributed by atoms with Gasteiger partial charge in [-0.1, -0.05) is 0 Å². The average molecular weight is 517 g/mol. The number of ether oxygens (including phenoxy) is 3. The van der Waals surface area contributed by atoms with Gasteiger partial charge in [-0.05, 0) is 68.5 Å². The summed E-state index contributed by atoms with van der Waals surface area (Å²) in [5, 5.41) is 0.744. The van der Waals surface area contributed by atoms with Crippen molar-refractivity contribution in [2.75, 3.05) is 19.1 Å². The molecule has 10 nitrogen and oxygen atoms in total. The normalized spacial score (nSPS) is 23.9. The zero-order valence-corrected chi connectivity index (χ0v) is 21.2. The number of fused-ring (bicyclic) bond motifs is 1. The van der Waals surface area contributed by atoms with Crippen molar-refractivity contribution in [3.05, 3.63) is 48.7 Å². The molecule has 4 saturated carbocycles. The average Bonchev–Trinajstić information content (AvgIpc) is 3.67. The zero-order chi connectivity index (χ0) is 26.9. The number of nitrogens with two attached hydrogens (primary N) is 2. The maximum Gasteiger partial charge on any atom is 0.243 e. The van der Waals surface area contributed by atoms with Gasteiger partial charge in [0.15, 0.2) is 11.5 Å². The predicted molar refractivity (Wildman–Crippen MR) is 138 cm³/mol. The summed E-state index contributed by atoms with van der Waals surface area (Å²) in [4.78, 5) is 43.9. The number of primary amides is 2. The number of pyridine rings is 1. The van der Waals surface area contributed by atoms with Crippen molar-refractivity contribution < 1.29 is 28.6 Å². The molecule has 0 atom stereocenters. The Morgan fingerprint density at radius 1 is 0.868 bits per heavy atom. The minimum Gasteiger partial charge on any atom is -0.493 e. The van der Waals surface area contributed by atoms with E-state index in [2.05, 4.69) is 4.98 Å². The Kier molecular flexibility index (Phi) is 5.11. The highest BCUT2D eigenvalue weighted by atomic mass is 16.5. The summed E-state index contributed by atoms with van der Waals surface area (Å²) in [6.07, 6.45) is 3.97. The smallest absolute Gasteiger partial charge is 0.243 e. The van der Waals surface area contributed by atoms with E-state index in [0.717, 1.165) is 5.39 Å². The van der Waals surface area contributed by atoms with Crippen LogP contribution in [0.3, 0.4) is 0 Å². The van der Waals surface area contributed by atoms with Gasteiger partial charge in [-0.3, -0.25) is 19.4 Å². The molecule has 0 unspecified atom stereocenters. The van der Waals surface area contributed by atoms with Crippen LogP contribution in [0.5, 0.6) is 23.0 Å². The monoisotopic (exact) mass is 516 g/mol. The van der Waals surface area contributed by atoms with Crippen LogP contribution in [0.15, 0.2) is 48.7 Å². The molecule has 7 rings (SSSR count). The maximum atomic E-state index is 13.7. The molecule has 4 fully saturated rings. The van der Waals surface area contributed by atoms with Gasteiger partial charge >= 0.3 is 0 Å². The summed E-state index contributed by atoms with van der Waals surface area (Å²) in [5.74, 6) is 0.979. The van der Waals surface area contributed by atoms with E-state index in [1.165, 1.54) is 0 Å². The van der Waals surface area contributed by atoms with Crippen LogP contribution in [0.1, 0.15) is 32.1 Å². The van der Waals surface area contributed by atoms with Crippen molar-refractivity contribution in [3.63, 3.8) is 0 Å². The molecule has 4 N–H and O–H groups in total. The van der Waals surface area contributed by atoms with Crippen molar-refractivity contribution in [1.82, 2.24) is 4.98 Å². The van der Waals surface area contributed by atoms with Gasteiger partial charge in [-0.25, -0.2) is 0 Å². The summed E-state index contributed by atoms with van der Waals surface area (Å²) < 4.78 is 17.0.